The van der Waals surface area contributed by atoms with E-state index in [4.69, 9.17) is 18.0 Å². The van der Waals surface area contributed by atoms with E-state index in [1.807, 2.05) is 0 Å². The molecule has 2 amide bonds. The second kappa shape index (κ2) is 4.37. The number of thiocarbonyl (C=S) groups is 1. The van der Waals surface area contributed by atoms with E-state index in [0.29, 0.717) is 6.42 Å². The third kappa shape index (κ3) is 1.97. The van der Waals surface area contributed by atoms with Crippen molar-refractivity contribution in [2.24, 2.45) is 11.1 Å². The zero-order valence-corrected chi connectivity index (χ0v) is 10.9. The number of carbonyl (C=O) groups is 2. The molecule has 1 aliphatic heterocycles. The molecule has 0 radical (unpaired) electrons. The second-order valence-corrected chi connectivity index (χ2v) is 5.64. The van der Waals surface area contributed by atoms with Crippen LogP contribution in [0.15, 0.2) is 0 Å². The van der Waals surface area contributed by atoms with Crippen molar-refractivity contribution < 1.29 is 9.59 Å². The molecule has 1 spiro atoms. The van der Waals surface area contributed by atoms with Crippen molar-refractivity contribution in [3.05, 3.63) is 0 Å². The molecular formula is C12H18N2O2S. The number of rotatable bonds is 2. The number of carbonyl (C=O) groups excluding carboxylic acids is 2. The summed E-state index contributed by atoms with van der Waals surface area (Å²) in [6.45, 7) is 1.72. The highest BCUT2D eigenvalue weighted by Crippen LogP contribution is 2.45. The molecule has 1 aliphatic carbocycles. The molecule has 1 saturated heterocycles. The predicted molar refractivity (Wildman–Crippen MR) is 68.2 cm³/mol. The van der Waals surface area contributed by atoms with E-state index in [0.717, 1.165) is 32.1 Å². The maximum absolute atomic E-state index is 12.4. The fourth-order valence-corrected chi connectivity index (χ4v) is 3.06. The van der Waals surface area contributed by atoms with Gasteiger partial charge in [0.1, 0.15) is 0 Å². The van der Waals surface area contributed by atoms with Gasteiger partial charge in [0.15, 0.2) is 0 Å². The molecule has 0 aromatic heterocycles. The van der Waals surface area contributed by atoms with Crippen LogP contribution in [0.4, 0.5) is 0 Å². The van der Waals surface area contributed by atoms with Gasteiger partial charge < -0.3 is 5.73 Å². The normalized spacial score (nSPS) is 25.4. The SMILES string of the molecule is CC(C(N)=S)N1C(=O)CC2(CCCCC2)C1=O. The fourth-order valence-electron chi connectivity index (χ4n) is 2.96. The minimum Gasteiger partial charge on any atom is -0.392 e. The maximum atomic E-state index is 12.4. The third-order valence-corrected chi connectivity index (χ3v) is 4.38. The first-order valence-corrected chi connectivity index (χ1v) is 6.54. The van der Waals surface area contributed by atoms with Crippen molar-refractivity contribution in [1.29, 1.82) is 0 Å². The summed E-state index contributed by atoms with van der Waals surface area (Å²) in [5, 5.41) is 0. The Morgan fingerprint density at radius 1 is 1.35 bits per heavy atom. The Morgan fingerprint density at radius 2 is 1.94 bits per heavy atom. The first-order valence-electron chi connectivity index (χ1n) is 6.14. The number of imide groups is 1. The molecule has 2 fully saturated rings. The number of likely N-dealkylation sites (tertiary alicyclic amines) is 1. The molecule has 1 saturated carbocycles. The zero-order chi connectivity index (χ0) is 12.6. The quantitative estimate of drug-likeness (QED) is 0.597. The summed E-state index contributed by atoms with van der Waals surface area (Å²) in [5.74, 6) is -0.167. The zero-order valence-electron chi connectivity index (χ0n) is 10.1. The van der Waals surface area contributed by atoms with Gasteiger partial charge in [-0.15, -0.1) is 0 Å². The Labute approximate surface area is 107 Å². The van der Waals surface area contributed by atoms with Crippen molar-refractivity contribution in [3.63, 3.8) is 0 Å². The minimum atomic E-state index is -0.452. The summed E-state index contributed by atoms with van der Waals surface area (Å²) >= 11 is 4.88. The minimum absolute atomic E-state index is 0.0532. The first-order chi connectivity index (χ1) is 7.98. The number of hydrogen-bond donors (Lipinski definition) is 1. The van der Waals surface area contributed by atoms with Gasteiger partial charge in [-0.3, -0.25) is 14.5 Å². The lowest BCUT2D eigenvalue weighted by molar-refractivity contribution is -0.143. The molecule has 1 atom stereocenters. The predicted octanol–water partition coefficient (Wildman–Crippen LogP) is 1.37. The standard InChI is InChI=1S/C12H18N2O2S/c1-8(10(13)17)14-9(15)7-12(11(14)16)5-3-2-4-6-12/h8H,2-7H2,1H3,(H2,13,17). The Balaban J connectivity index is 2.24. The van der Waals surface area contributed by atoms with Crippen LogP contribution in [0, 0.1) is 5.41 Å². The summed E-state index contributed by atoms with van der Waals surface area (Å²) < 4.78 is 0. The number of amides is 2. The van der Waals surface area contributed by atoms with Gasteiger partial charge in [0.05, 0.1) is 16.4 Å². The van der Waals surface area contributed by atoms with Crippen molar-refractivity contribution in [3.8, 4) is 0 Å². The van der Waals surface area contributed by atoms with Crippen LogP contribution in [0.25, 0.3) is 0 Å². The second-order valence-electron chi connectivity index (χ2n) is 5.17. The van der Waals surface area contributed by atoms with E-state index in [9.17, 15) is 9.59 Å². The highest BCUT2D eigenvalue weighted by atomic mass is 32.1. The molecule has 0 bridgehead atoms. The van der Waals surface area contributed by atoms with Crippen molar-refractivity contribution in [1.82, 2.24) is 4.90 Å². The number of nitrogens with two attached hydrogens (primary N) is 1. The summed E-state index contributed by atoms with van der Waals surface area (Å²) in [4.78, 5) is 25.9. The Hall–Kier alpha value is -0.970. The van der Waals surface area contributed by atoms with Crippen LogP contribution in [-0.2, 0) is 9.59 Å². The summed E-state index contributed by atoms with van der Waals surface area (Å²) in [5.41, 5.74) is 5.11. The van der Waals surface area contributed by atoms with Crippen LogP contribution in [0.5, 0.6) is 0 Å². The van der Waals surface area contributed by atoms with Gasteiger partial charge in [-0.05, 0) is 19.8 Å². The number of nitrogens with zero attached hydrogens (tertiary/aromatic N) is 1. The Kier molecular flexibility index (Phi) is 3.21. The molecule has 2 N–H and O–H groups in total. The molecule has 94 valence electrons. The smallest absolute Gasteiger partial charge is 0.236 e. The molecule has 4 nitrogen and oxygen atoms in total. The van der Waals surface area contributed by atoms with Crippen LogP contribution >= 0.6 is 12.2 Å². The average Bonchev–Trinajstić information content (AvgIpc) is 2.51. The molecule has 0 aromatic rings. The maximum Gasteiger partial charge on any atom is 0.236 e. The van der Waals surface area contributed by atoms with Crippen LogP contribution in [-0.4, -0.2) is 27.7 Å². The van der Waals surface area contributed by atoms with Gasteiger partial charge in [-0.25, -0.2) is 0 Å². The monoisotopic (exact) mass is 254 g/mol. The van der Waals surface area contributed by atoms with Crippen molar-refractivity contribution in [2.75, 3.05) is 0 Å². The van der Waals surface area contributed by atoms with Crippen molar-refractivity contribution >= 4 is 29.0 Å². The molecular weight excluding hydrogens is 236 g/mol. The molecule has 17 heavy (non-hydrogen) atoms. The molecule has 5 heteroatoms. The third-order valence-electron chi connectivity index (χ3n) is 4.04. The van der Waals surface area contributed by atoms with Gasteiger partial charge in [0, 0.05) is 6.42 Å². The van der Waals surface area contributed by atoms with Crippen molar-refractivity contribution in [2.45, 2.75) is 51.5 Å². The first kappa shape index (κ1) is 12.5. The van der Waals surface area contributed by atoms with Gasteiger partial charge in [0.25, 0.3) is 0 Å². The summed E-state index contributed by atoms with van der Waals surface area (Å²) in [6.07, 6.45) is 5.24. The summed E-state index contributed by atoms with van der Waals surface area (Å²) in [6, 6.07) is -0.452. The van der Waals surface area contributed by atoms with Crippen LogP contribution in [0.3, 0.4) is 0 Å². The Morgan fingerprint density at radius 3 is 2.47 bits per heavy atom. The van der Waals surface area contributed by atoms with Gasteiger partial charge in [-0.1, -0.05) is 31.5 Å². The highest BCUT2D eigenvalue weighted by molar-refractivity contribution is 7.80. The van der Waals surface area contributed by atoms with Crippen LogP contribution < -0.4 is 5.73 Å². The fraction of sp³-hybridized carbons (Fsp3) is 0.750. The summed E-state index contributed by atoms with van der Waals surface area (Å²) in [7, 11) is 0. The van der Waals surface area contributed by atoms with E-state index in [-0.39, 0.29) is 16.8 Å². The molecule has 0 aromatic carbocycles. The molecule has 2 rings (SSSR count). The van der Waals surface area contributed by atoms with Gasteiger partial charge in [-0.2, -0.15) is 0 Å². The van der Waals surface area contributed by atoms with Gasteiger partial charge >= 0.3 is 0 Å². The van der Waals surface area contributed by atoms with E-state index in [1.54, 1.807) is 6.92 Å². The Bertz CT molecular complexity index is 375. The van der Waals surface area contributed by atoms with Crippen LogP contribution in [0.2, 0.25) is 0 Å². The lowest BCUT2D eigenvalue weighted by Gasteiger charge is -2.31. The lowest BCUT2D eigenvalue weighted by Crippen LogP contribution is -2.47. The molecule has 1 unspecified atom stereocenters. The van der Waals surface area contributed by atoms with E-state index >= 15 is 0 Å². The highest BCUT2D eigenvalue weighted by Gasteiger charge is 2.52. The molecule has 2 aliphatic rings. The van der Waals surface area contributed by atoms with Crippen LogP contribution in [0.1, 0.15) is 45.4 Å². The average molecular weight is 254 g/mol. The van der Waals surface area contributed by atoms with E-state index < -0.39 is 11.5 Å². The lowest BCUT2D eigenvalue weighted by atomic mass is 9.73. The topological polar surface area (TPSA) is 63.4 Å². The van der Waals surface area contributed by atoms with E-state index in [2.05, 4.69) is 0 Å². The largest absolute Gasteiger partial charge is 0.392 e. The van der Waals surface area contributed by atoms with E-state index in [1.165, 1.54) is 4.90 Å². The number of hydrogen-bond acceptors (Lipinski definition) is 3. The van der Waals surface area contributed by atoms with Gasteiger partial charge in [0.2, 0.25) is 11.8 Å². The molecule has 1 heterocycles.